The summed E-state index contributed by atoms with van der Waals surface area (Å²) in [7, 11) is 1.83. The first kappa shape index (κ1) is 8.23. The maximum atomic E-state index is 10.7. The molecule has 1 saturated heterocycles. The first-order chi connectivity index (χ1) is 5.24. The third-order valence-corrected chi connectivity index (χ3v) is 1.45. The van der Waals surface area contributed by atoms with Crippen molar-refractivity contribution in [3.63, 3.8) is 0 Å². The highest BCUT2D eigenvalue weighted by Gasteiger charge is 2.24. The van der Waals surface area contributed by atoms with Gasteiger partial charge < -0.3 is 9.47 Å². The Morgan fingerprint density at radius 1 is 1.91 bits per heavy atom. The molecule has 62 valence electrons. The summed E-state index contributed by atoms with van der Waals surface area (Å²) in [6.45, 7) is 4.67. The van der Waals surface area contributed by atoms with Gasteiger partial charge in [0, 0.05) is 12.6 Å². The molecule has 4 nitrogen and oxygen atoms in total. The van der Waals surface area contributed by atoms with Gasteiger partial charge in [0.1, 0.15) is 0 Å². The quantitative estimate of drug-likeness (QED) is 0.416. The monoisotopic (exact) mass is 157 g/mol. The van der Waals surface area contributed by atoms with Crippen LogP contribution in [0.15, 0.2) is 12.7 Å². The molecular formula is C7H11NO3. The Morgan fingerprint density at radius 3 is 3.09 bits per heavy atom. The van der Waals surface area contributed by atoms with Crippen molar-refractivity contribution in [1.82, 2.24) is 4.90 Å². The van der Waals surface area contributed by atoms with Gasteiger partial charge in [-0.05, 0) is 7.05 Å². The lowest BCUT2D eigenvalue weighted by Crippen LogP contribution is -2.30. The highest BCUT2D eigenvalue weighted by molar-refractivity contribution is 5.81. The van der Waals surface area contributed by atoms with Crippen LogP contribution in [0, 0.1) is 0 Å². The molecule has 0 aromatic carbocycles. The zero-order chi connectivity index (χ0) is 8.27. The van der Waals surface area contributed by atoms with Crippen LogP contribution in [0.25, 0.3) is 0 Å². The number of carbonyl (C=O) groups is 1. The molecular weight excluding hydrogens is 146 g/mol. The summed E-state index contributed by atoms with van der Waals surface area (Å²) in [4.78, 5) is 12.5. The van der Waals surface area contributed by atoms with Gasteiger partial charge in [-0.1, -0.05) is 6.58 Å². The van der Waals surface area contributed by atoms with Crippen LogP contribution in [-0.2, 0) is 14.3 Å². The molecule has 1 aliphatic heterocycles. The SMILES string of the molecule is C=CC(=O)OC1OCCN1C. The van der Waals surface area contributed by atoms with Crippen LogP contribution < -0.4 is 0 Å². The highest BCUT2D eigenvalue weighted by Crippen LogP contribution is 2.07. The van der Waals surface area contributed by atoms with Gasteiger partial charge in [0.25, 0.3) is 6.41 Å². The first-order valence-corrected chi connectivity index (χ1v) is 3.39. The molecule has 1 fully saturated rings. The maximum Gasteiger partial charge on any atom is 0.333 e. The maximum absolute atomic E-state index is 10.7. The number of hydrogen-bond acceptors (Lipinski definition) is 4. The Bertz CT molecular complexity index is 169. The van der Waals surface area contributed by atoms with E-state index < -0.39 is 12.4 Å². The van der Waals surface area contributed by atoms with Gasteiger partial charge >= 0.3 is 5.97 Å². The van der Waals surface area contributed by atoms with Crippen LogP contribution in [-0.4, -0.2) is 37.5 Å². The van der Waals surface area contributed by atoms with E-state index in [1.165, 1.54) is 0 Å². The summed E-state index contributed by atoms with van der Waals surface area (Å²) >= 11 is 0. The molecule has 0 saturated carbocycles. The lowest BCUT2D eigenvalue weighted by molar-refractivity contribution is -0.184. The van der Waals surface area contributed by atoms with E-state index in [9.17, 15) is 4.79 Å². The van der Waals surface area contributed by atoms with Crippen LogP contribution >= 0.6 is 0 Å². The topological polar surface area (TPSA) is 38.8 Å². The minimum Gasteiger partial charge on any atom is -0.418 e. The van der Waals surface area contributed by atoms with Crippen molar-refractivity contribution in [3.8, 4) is 0 Å². The van der Waals surface area contributed by atoms with Gasteiger partial charge in [-0.25, -0.2) is 9.69 Å². The van der Waals surface area contributed by atoms with Crippen molar-refractivity contribution in [1.29, 1.82) is 0 Å². The summed E-state index contributed by atoms with van der Waals surface area (Å²) < 4.78 is 9.89. The molecule has 1 aliphatic rings. The molecule has 0 amide bonds. The highest BCUT2D eigenvalue weighted by atomic mass is 16.7. The number of carbonyl (C=O) groups excluding carboxylic acids is 1. The fourth-order valence-electron chi connectivity index (χ4n) is 0.802. The van der Waals surface area contributed by atoms with E-state index in [-0.39, 0.29) is 0 Å². The number of esters is 1. The van der Waals surface area contributed by atoms with Crippen molar-refractivity contribution in [2.24, 2.45) is 0 Å². The zero-order valence-electron chi connectivity index (χ0n) is 6.45. The van der Waals surface area contributed by atoms with Crippen LogP contribution in [0.5, 0.6) is 0 Å². The number of nitrogens with zero attached hydrogens (tertiary/aromatic N) is 1. The average Bonchev–Trinajstić information content (AvgIpc) is 2.37. The number of hydrogen-bond donors (Lipinski definition) is 0. The Labute approximate surface area is 65.4 Å². The summed E-state index contributed by atoms with van der Waals surface area (Å²) in [6, 6.07) is 0. The second-order valence-corrected chi connectivity index (χ2v) is 2.30. The minimum atomic E-state index is -0.527. The molecule has 1 heterocycles. The van der Waals surface area contributed by atoms with E-state index in [2.05, 4.69) is 6.58 Å². The number of likely N-dealkylation sites (N-methyl/N-ethyl adjacent to an activating group) is 1. The predicted molar refractivity (Wildman–Crippen MR) is 38.7 cm³/mol. The fourth-order valence-corrected chi connectivity index (χ4v) is 0.802. The molecule has 11 heavy (non-hydrogen) atoms. The smallest absolute Gasteiger partial charge is 0.333 e. The third-order valence-electron chi connectivity index (χ3n) is 1.45. The Morgan fingerprint density at radius 2 is 2.64 bits per heavy atom. The van der Waals surface area contributed by atoms with Gasteiger partial charge in [0.15, 0.2) is 0 Å². The van der Waals surface area contributed by atoms with Crippen molar-refractivity contribution < 1.29 is 14.3 Å². The third kappa shape index (κ3) is 2.03. The molecule has 0 radical (unpaired) electrons. The summed E-state index contributed by atoms with van der Waals surface area (Å²) in [5.74, 6) is -0.455. The van der Waals surface area contributed by atoms with Crippen LogP contribution in [0.1, 0.15) is 0 Å². The summed E-state index contributed by atoms with van der Waals surface area (Å²) in [6.07, 6.45) is 0.593. The fraction of sp³-hybridized carbons (Fsp3) is 0.571. The molecule has 1 unspecified atom stereocenters. The van der Waals surface area contributed by atoms with Crippen molar-refractivity contribution in [2.75, 3.05) is 20.2 Å². The Kier molecular flexibility index (Phi) is 2.62. The Balaban J connectivity index is 2.36. The van der Waals surface area contributed by atoms with Gasteiger partial charge in [-0.2, -0.15) is 0 Å². The van der Waals surface area contributed by atoms with E-state index in [0.717, 1.165) is 12.6 Å². The van der Waals surface area contributed by atoms with Crippen molar-refractivity contribution in [3.05, 3.63) is 12.7 Å². The van der Waals surface area contributed by atoms with Crippen LogP contribution in [0.2, 0.25) is 0 Å². The second kappa shape index (κ2) is 3.50. The van der Waals surface area contributed by atoms with Crippen molar-refractivity contribution in [2.45, 2.75) is 6.41 Å². The van der Waals surface area contributed by atoms with E-state index in [4.69, 9.17) is 9.47 Å². The first-order valence-electron chi connectivity index (χ1n) is 3.39. The number of rotatable bonds is 2. The largest absolute Gasteiger partial charge is 0.418 e. The van der Waals surface area contributed by atoms with Gasteiger partial charge in [-0.3, -0.25) is 0 Å². The second-order valence-electron chi connectivity index (χ2n) is 2.30. The molecule has 4 heteroatoms. The number of ether oxygens (including phenoxy) is 2. The molecule has 1 rings (SSSR count). The molecule has 0 bridgehead atoms. The molecule has 0 N–H and O–H groups in total. The van der Waals surface area contributed by atoms with Crippen LogP contribution in [0.3, 0.4) is 0 Å². The van der Waals surface area contributed by atoms with E-state index in [1.807, 2.05) is 7.05 Å². The van der Waals surface area contributed by atoms with E-state index in [1.54, 1.807) is 4.90 Å². The molecule has 0 aromatic heterocycles. The lowest BCUT2D eigenvalue weighted by Gasteiger charge is -2.16. The van der Waals surface area contributed by atoms with Gasteiger partial charge in [-0.15, -0.1) is 0 Å². The molecule has 0 aliphatic carbocycles. The normalized spacial score (nSPS) is 25.0. The minimum absolute atomic E-state index is 0.455. The summed E-state index contributed by atoms with van der Waals surface area (Å²) in [5, 5.41) is 0. The molecule has 0 spiro atoms. The van der Waals surface area contributed by atoms with Gasteiger partial charge in [0.05, 0.1) is 6.61 Å². The predicted octanol–water partition coefficient (Wildman–Crippen LogP) is -0.0388. The lowest BCUT2D eigenvalue weighted by atomic mass is 10.6. The summed E-state index contributed by atoms with van der Waals surface area (Å²) in [5.41, 5.74) is 0. The molecule has 0 aromatic rings. The standard InChI is InChI=1S/C7H11NO3/c1-3-6(9)11-7-8(2)4-5-10-7/h3,7H,1,4-5H2,2H3. The van der Waals surface area contributed by atoms with E-state index in [0.29, 0.717) is 6.61 Å². The average molecular weight is 157 g/mol. The van der Waals surface area contributed by atoms with Crippen LogP contribution in [0.4, 0.5) is 0 Å². The molecule has 1 atom stereocenters. The Hall–Kier alpha value is -0.870. The van der Waals surface area contributed by atoms with E-state index >= 15 is 0 Å². The zero-order valence-corrected chi connectivity index (χ0v) is 6.45. The van der Waals surface area contributed by atoms with Crippen molar-refractivity contribution >= 4 is 5.97 Å². The van der Waals surface area contributed by atoms with Gasteiger partial charge in [0.2, 0.25) is 0 Å².